The second kappa shape index (κ2) is 5.26. The average Bonchev–Trinajstić information content (AvgIpc) is 3.05. The SMILES string of the molecule is c1cnc2ccc(-c3nc(C4CCNCC4)no3)cc2c1. The summed E-state index contributed by atoms with van der Waals surface area (Å²) in [5.41, 5.74) is 1.92. The molecule has 5 heteroatoms. The molecule has 3 heterocycles. The van der Waals surface area contributed by atoms with Crippen LogP contribution in [0.15, 0.2) is 41.1 Å². The molecule has 0 amide bonds. The molecule has 3 aromatic rings. The Balaban J connectivity index is 1.67. The predicted octanol–water partition coefficient (Wildman–Crippen LogP) is 2.75. The summed E-state index contributed by atoms with van der Waals surface area (Å²) in [7, 11) is 0. The van der Waals surface area contributed by atoms with Gasteiger partial charge in [0.1, 0.15) is 0 Å². The molecule has 0 bridgehead atoms. The van der Waals surface area contributed by atoms with Crippen molar-refractivity contribution in [2.45, 2.75) is 18.8 Å². The molecule has 1 saturated heterocycles. The van der Waals surface area contributed by atoms with Crippen molar-refractivity contribution < 1.29 is 4.52 Å². The highest BCUT2D eigenvalue weighted by molar-refractivity contribution is 5.82. The number of fused-ring (bicyclic) bond motifs is 1. The fourth-order valence-corrected chi connectivity index (χ4v) is 2.81. The first-order valence-corrected chi connectivity index (χ1v) is 7.29. The Morgan fingerprint density at radius 1 is 1.14 bits per heavy atom. The number of pyridine rings is 1. The van der Waals surface area contributed by atoms with Gasteiger partial charge < -0.3 is 9.84 Å². The van der Waals surface area contributed by atoms with Crippen LogP contribution in [0.2, 0.25) is 0 Å². The first kappa shape index (κ1) is 12.5. The summed E-state index contributed by atoms with van der Waals surface area (Å²) in [5, 5.41) is 8.60. The van der Waals surface area contributed by atoms with E-state index in [1.54, 1.807) is 6.20 Å². The largest absolute Gasteiger partial charge is 0.334 e. The molecule has 1 aliphatic rings. The molecule has 1 N–H and O–H groups in total. The average molecular weight is 280 g/mol. The Kier molecular flexibility index (Phi) is 3.12. The van der Waals surface area contributed by atoms with Crippen LogP contribution >= 0.6 is 0 Å². The second-order valence-electron chi connectivity index (χ2n) is 5.39. The molecular formula is C16H16N4O. The van der Waals surface area contributed by atoms with E-state index in [1.165, 1.54) is 0 Å². The summed E-state index contributed by atoms with van der Waals surface area (Å²) >= 11 is 0. The lowest BCUT2D eigenvalue weighted by molar-refractivity contribution is 0.392. The van der Waals surface area contributed by atoms with Crippen molar-refractivity contribution in [2.75, 3.05) is 13.1 Å². The first-order chi connectivity index (χ1) is 10.4. The van der Waals surface area contributed by atoms with Crippen molar-refractivity contribution in [3.8, 4) is 11.5 Å². The Morgan fingerprint density at radius 3 is 2.95 bits per heavy atom. The molecule has 106 valence electrons. The quantitative estimate of drug-likeness (QED) is 0.782. The van der Waals surface area contributed by atoms with Crippen molar-refractivity contribution in [3.05, 3.63) is 42.4 Å². The highest BCUT2D eigenvalue weighted by Crippen LogP contribution is 2.27. The molecular weight excluding hydrogens is 264 g/mol. The number of benzene rings is 1. The summed E-state index contributed by atoms with van der Waals surface area (Å²) < 4.78 is 5.45. The molecule has 0 saturated carbocycles. The summed E-state index contributed by atoms with van der Waals surface area (Å²) in [4.78, 5) is 8.91. The van der Waals surface area contributed by atoms with Gasteiger partial charge in [-0.15, -0.1) is 0 Å². The minimum Gasteiger partial charge on any atom is -0.334 e. The van der Waals surface area contributed by atoms with Gasteiger partial charge in [0.2, 0.25) is 0 Å². The Labute approximate surface area is 122 Å². The van der Waals surface area contributed by atoms with Crippen LogP contribution in [0.3, 0.4) is 0 Å². The van der Waals surface area contributed by atoms with Gasteiger partial charge in [0.05, 0.1) is 5.52 Å². The topological polar surface area (TPSA) is 63.8 Å². The number of hydrogen-bond acceptors (Lipinski definition) is 5. The number of nitrogens with one attached hydrogen (secondary N) is 1. The van der Waals surface area contributed by atoms with E-state index >= 15 is 0 Å². The lowest BCUT2D eigenvalue weighted by atomic mass is 9.98. The van der Waals surface area contributed by atoms with E-state index in [4.69, 9.17) is 4.52 Å². The molecule has 4 rings (SSSR count). The molecule has 0 atom stereocenters. The van der Waals surface area contributed by atoms with Crippen molar-refractivity contribution in [3.63, 3.8) is 0 Å². The van der Waals surface area contributed by atoms with E-state index in [0.717, 1.165) is 48.2 Å². The van der Waals surface area contributed by atoms with Gasteiger partial charge in [0.25, 0.3) is 5.89 Å². The van der Waals surface area contributed by atoms with Crippen molar-refractivity contribution in [1.82, 2.24) is 20.4 Å². The minimum absolute atomic E-state index is 0.408. The summed E-state index contributed by atoms with van der Waals surface area (Å²) in [6.45, 7) is 2.05. The summed E-state index contributed by atoms with van der Waals surface area (Å²) in [5.74, 6) is 1.83. The van der Waals surface area contributed by atoms with Gasteiger partial charge in [-0.3, -0.25) is 4.98 Å². The maximum absolute atomic E-state index is 5.45. The van der Waals surface area contributed by atoms with Crippen molar-refractivity contribution >= 4 is 10.9 Å². The second-order valence-corrected chi connectivity index (χ2v) is 5.39. The summed E-state index contributed by atoms with van der Waals surface area (Å²) in [6, 6.07) is 9.98. The van der Waals surface area contributed by atoms with Crippen LogP contribution in [0.25, 0.3) is 22.4 Å². The fourth-order valence-electron chi connectivity index (χ4n) is 2.81. The molecule has 0 radical (unpaired) electrons. The van der Waals surface area contributed by atoms with Gasteiger partial charge in [0.15, 0.2) is 5.82 Å². The highest BCUT2D eigenvalue weighted by Gasteiger charge is 2.21. The third kappa shape index (κ3) is 2.40. The lowest BCUT2D eigenvalue weighted by Gasteiger charge is -2.18. The standard InChI is InChI=1S/C16H16N4O/c1-2-12-10-13(3-4-14(12)18-7-1)16-19-15(20-21-16)11-5-8-17-9-6-11/h1-4,7,10-11,17H,5-6,8-9H2. The molecule has 0 aliphatic carbocycles. The number of aromatic nitrogens is 3. The van der Waals surface area contributed by atoms with Crippen molar-refractivity contribution in [2.24, 2.45) is 0 Å². The summed E-state index contributed by atoms with van der Waals surface area (Å²) in [6.07, 6.45) is 3.94. The van der Waals surface area contributed by atoms with E-state index in [0.29, 0.717) is 11.8 Å². The van der Waals surface area contributed by atoms with E-state index in [2.05, 4.69) is 20.4 Å². The Hall–Kier alpha value is -2.27. The Morgan fingerprint density at radius 2 is 2.05 bits per heavy atom. The van der Waals surface area contributed by atoms with Crippen molar-refractivity contribution in [1.29, 1.82) is 0 Å². The molecule has 2 aromatic heterocycles. The van der Waals surface area contributed by atoms with Crippen LogP contribution in [-0.2, 0) is 0 Å². The van der Waals surface area contributed by atoms with Gasteiger partial charge >= 0.3 is 0 Å². The smallest absolute Gasteiger partial charge is 0.257 e. The van der Waals surface area contributed by atoms with E-state index < -0.39 is 0 Å². The van der Waals surface area contributed by atoms with E-state index in [9.17, 15) is 0 Å². The first-order valence-electron chi connectivity index (χ1n) is 7.29. The molecule has 21 heavy (non-hydrogen) atoms. The number of piperidine rings is 1. The zero-order valence-corrected chi connectivity index (χ0v) is 11.6. The molecule has 1 aliphatic heterocycles. The van der Waals surface area contributed by atoms with E-state index in [-0.39, 0.29) is 0 Å². The van der Waals surface area contributed by atoms with Gasteiger partial charge in [0, 0.05) is 23.1 Å². The maximum Gasteiger partial charge on any atom is 0.257 e. The highest BCUT2D eigenvalue weighted by atomic mass is 16.5. The zero-order chi connectivity index (χ0) is 14.1. The fraction of sp³-hybridized carbons (Fsp3) is 0.312. The van der Waals surface area contributed by atoms with Crippen LogP contribution in [0.1, 0.15) is 24.6 Å². The van der Waals surface area contributed by atoms with Crippen LogP contribution < -0.4 is 5.32 Å². The van der Waals surface area contributed by atoms with Gasteiger partial charge in [-0.1, -0.05) is 11.2 Å². The number of hydrogen-bond donors (Lipinski definition) is 1. The van der Waals surface area contributed by atoms with Gasteiger partial charge in [-0.2, -0.15) is 4.98 Å². The maximum atomic E-state index is 5.45. The number of rotatable bonds is 2. The molecule has 5 nitrogen and oxygen atoms in total. The molecule has 0 spiro atoms. The van der Waals surface area contributed by atoms with Crippen LogP contribution in [0, 0.1) is 0 Å². The molecule has 1 fully saturated rings. The van der Waals surface area contributed by atoms with Crippen LogP contribution in [0.4, 0.5) is 0 Å². The third-order valence-corrected chi connectivity index (χ3v) is 4.00. The van der Waals surface area contributed by atoms with Gasteiger partial charge in [-0.25, -0.2) is 0 Å². The number of nitrogens with zero attached hydrogens (tertiary/aromatic N) is 3. The van der Waals surface area contributed by atoms with Crippen LogP contribution in [-0.4, -0.2) is 28.2 Å². The Bertz CT molecular complexity index is 762. The van der Waals surface area contributed by atoms with E-state index in [1.807, 2.05) is 30.3 Å². The minimum atomic E-state index is 0.408. The normalized spacial score (nSPS) is 16.4. The van der Waals surface area contributed by atoms with Gasteiger partial charge in [-0.05, 0) is 50.2 Å². The zero-order valence-electron chi connectivity index (χ0n) is 11.6. The molecule has 1 aromatic carbocycles. The molecule has 0 unspecified atom stereocenters. The monoisotopic (exact) mass is 280 g/mol. The van der Waals surface area contributed by atoms with Crippen LogP contribution in [0.5, 0.6) is 0 Å². The lowest BCUT2D eigenvalue weighted by Crippen LogP contribution is -2.27. The third-order valence-electron chi connectivity index (χ3n) is 4.00. The predicted molar refractivity (Wildman–Crippen MR) is 79.9 cm³/mol.